The number of benzene rings is 2. The van der Waals surface area contributed by atoms with E-state index in [1.54, 1.807) is 6.20 Å². The van der Waals surface area contributed by atoms with Crippen LogP contribution >= 0.6 is 27.3 Å². The number of sulfonamides is 1. The van der Waals surface area contributed by atoms with E-state index in [2.05, 4.69) is 25.6 Å². The molecule has 8 heteroatoms. The minimum absolute atomic E-state index is 0.0432. The number of halogens is 1. The van der Waals surface area contributed by atoms with E-state index in [1.807, 2.05) is 65.2 Å². The maximum Gasteiger partial charge on any atom is 0.216 e. The van der Waals surface area contributed by atoms with Crippen LogP contribution in [-0.4, -0.2) is 17.8 Å². The Morgan fingerprint density at radius 1 is 1.11 bits per heavy atom. The Morgan fingerprint density at radius 2 is 1.82 bits per heavy atom. The van der Waals surface area contributed by atoms with Crippen LogP contribution in [0.2, 0.25) is 0 Å². The van der Waals surface area contributed by atoms with Crippen LogP contribution in [0.25, 0.3) is 16.2 Å². The highest BCUT2D eigenvalue weighted by atomic mass is 79.9. The van der Waals surface area contributed by atoms with Gasteiger partial charge in [0.25, 0.3) is 0 Å². The molecule has 0 aliphatic rings. The first-order valence-electron chi connectivity index (χ1n) is 8.64. The van der Waals surface area contributed by atoms with Gasteiger partial charge in [0.15, 0.2) is 4.96 Å². The molecule has 0 aliphatic heterocycles. The van der Waals surface area contributed by atoms with Crippen molar-refractivity contribution < 1.29 is 8.42 Å². The number of nitrogens with zero attached hydrogens (tertiary/aromatic N) is 2. The van der Waals surface area contributed by atoms with Gasteiger partial charge in [0.05, 0.1) is 29.9 Å². The molecule has 0 fully saturated rings. The first kappa shape index (κ1) is 19.3. The normalized spacial score (nSPS) is 11.9. The third-order valence-corrected chi connectivity index (χ3v) is 7.08. The van der Waals surface area contributed by atoms with Crippen LogP contribution in [0, 0.1) is 6.92 Å². The smallest absolute Gasteiger partial charge is 0.216 e. The van der Waals surface area contributed by atoms with Crippen molar-refractivity contribution in [1.29, 1.82) is 0 Å². The van der Waals surface area contributed by atoms with Crippen LogP contribution in [0.3, 0.4) is 0 Å². The van der Waals surface area contributed by atoms with Crippen LogP contribution in [0.15, 0.2) is 64.6 Å². The lowest BCUT2D eigenvalue weighted by atomic mass is 10.2. The van der Waals surface area contributed by atoms with E-state index in [9.17, 15) is 8.42 Å². The van der Waals surface area contributed by atoms with Crippen LogP contribution in [0.4, 0.5) is 0 Å². The maximum atomic E-state index is 12.5. The standard InChI is InChI=1S/C20H18BrN3O2S2/c1-14-2-4-15(5-3-14)13-28(25,26)23-11-18-10-22-20-24(18)19(12-27-20)16-6-8-17(21)9-7-16/h2-10,12,23H,11,13H2,1H3. The summed E-state index contributed by atoms with van der Waals surface area (Å²) in [6.45, 7) is 2.17. The van der Waals surface area contributed by atoms with Gasteiger partial charge in [0, 0.05) is 9.85 Å². The van der Waals surface area contributed by atoms with Gasteiger partial charge in [-0.25, -0.2) is 18.1 Å². The number of aromatic nitrogens is 2. The third-order valence-electron chi connectivity index (χ3n) is 4.41. The number of nitrogens with one attached hydrogen (secondary N) is 1. The Morgan fingerprint density at radius 3 is 2.54 bits per heavy atom. The number of rotatable bonds is 6. The zero-order valence-electron chi connectivity index (χ0n) is 15.1. The average Bonchev–Trinajstić information content (AvgIpc) is 3.25. The summed E-state index contributed by atoms with van der Waals surface area (Å²) >= 11 is 4.98. The van der Waals surface area contributed by atoms with Crippen LogP contribution in [0.1, 0.15) is 16.8 Å². The maximum absolute atomic E-state index is 12.5. The molecule has 0 radical (unpaired) electrons. The van der Waals surface area contributed by atoms with Gasteiger partial charge in [-0.3, -0.25) is 4.40 Å². The molecule has 0 unspecified atom stereocenters. The fraction of sp³-hybridized carbons (Fsp3) is 0.150. The van der Waals surface area contributed by atoms with Gasteiger partial charge in [0.2, 0.25) is 10.0 Å². The van der Waals surface area contributed by atoms with E-state index >= 15 is 0 Å². The Balaban J connectivity index is 1.56. The molecule has 0 bridgehead atoms. The highest BCUT2D eigenvalue weighted by Crippen LogP contribution is 2.28. The van der Waals surface area contributed by atoms with E-state index < -0.39 is 10.0 Å². The SMILES string of the molecule is Cc1ccc(CS(=O)(=O)NCc2cnc3scc(-c4ccc(Br)cc4)n23)cc1. The zero-order valence-corrected chi connectivity index (χ0v) is 18.3. The molecule has 0 saturated heterocycles. The topological polar surface area (TPSA) is 63.5 Å². The van der Waals surface area contributed by atoms with E-state index in [1.165, 1.54) is 11.3 Å². The van der Waals surface area contributed by atoms with Crippen molar-refractivity contribution in [2.45, 2.75) is 19.2 Å². The molecule has 0 atom stereocenters. The van der Waals surface area contributed by atoms with Crippen molar-refractivity contribution in [1.82, 2.24) is 14.1 Å². The fourth-order valence-corrected chi connectivity index (χ4v) is 5.21. The number of hydrogen-bond acceptors (Lipinski definition) is 4. The highest BCUT2D eigenvalue weighted by Gasteiger charge is 2.16. The highest BCUT2D eigenvalue weighted by molar-refractivity contribution is 9.10. The average molecular weight is 476 g/mol. The van der Waals surface area contributed by atoms with Crippen molar-refractivity contribution in [3.63, 3.8) is 0 Å². The third kappa shape index (κ3) is 4.20. The molecule has 144 valence electrons. The van der Waals surface area contributed by atoms with Crippen molar-refractivity contribution in [3.8, 4) is 11.3 Å². The van der Waals surface area contributed by atoms with Crippen molar-refractivity contribution in [2.75, 3.05) is 0 Å². The summed E-state index contributed by atoms with van der Waals surface area (Å²) in [6.07, 6.45) is 1.72. The molecular formula is C20H18BrN3O2S2. The summed E-state index contributed by atoms with van der Waals surface area (Å²) in [5, 5.41) is 2.04. The summed E-state index contributed by atoms with van der Waals surface area (Å²) in [6, 6.07) is 15.5. The number of hydrogen-bond donors (Lipinski definition) is 1. The largest absolute Gasteiger partial charge is 0.286 e. The predicted molar refractivity (Wildman–Crippen MR) is 117 cm³/mol. The van der Waals surface area contributed by atoms with E-state index in [4.69, 9.17) is 0 Å². The minimum atomic E-state index is -3.45. The summed E-state index contributed by atoms with van der Waals surface area (Å²) in [7, 11) is -3.45. The number of imidazole rings is 1. The summed E-state index contributed by atoms with van der Waals surface area (Å²) in [5.74, 6) is -0.0432. The molecule has 5 nitrogen and oxygen atoms in total. The van der Waals surface area contributed by atoms with Crippen molar-refractivity contribution in [3.05, 3.63) is 81.4 Å². The summed E-state index contributed by atoms with van der Waals surface area (Å²) < 4.78 is 30.7. The molecule has 4 rings (SSSR count). The van der Waals surface area contributed by atoms with Gasteiger partial charge in [0.1, 0.15) is 0 Å². The second kappa shape index (κ2) is 7.79. The predicted octanol–water partition coefficient (Wildman–Crippen LogP) is 4.75. The Bertz CT molecular complexity index is 1210. The first-order valence-corrected chi connectivity index (χ1v) is 12.0. The molecule has 2 heterocycles. The minimum Gasteiger partial charge on any atom is -0.286 e. The van der Waals surface area contributed by atoms with Crippen molar-refractivity contribution >= 4 is 42.3 Å². The molecule has 0 amide bonds. The van der Waals surface area contributed by atoms with Gasteiger partial charge < -0.3 is 0 Å². The Labute approximate surface area is 176 Å². The summed E-state index contributed by atoms with van der Waals surface area (Å²) in [4.78, 5) is 5.25. The Hall–Kier alpha value is -2.00. The second-order valence-corrected chi connectivity index (χ2v) is 10.1. The molecule has 0 aliphatic carbocycles. The van der Waals surface area contributed by atoms with Gasteiger partial charge in [-0.1, -0.05) is 57.9 Å². The first-order chi connectivity index (χ1) is 13.4. The van der Waals surface area contributed by atoms with E-state index in [0.29, 0.717) is 0 Å². The molecule has 4 aromatic rings. The monoisotopic (exact) mass is 475 g/mol. The molecule has 0 spiro atoms. The molecular weight excluding hydrogens is 458 g/mol. The van der Waals surface area contributed by atoms with Gasteiger partial charge >= 0.3 is 0 Å². The lowest BCUT2D eigenvalue weighted by Gasteiger charge is -2.08. The van der Waals surface area contributed by atoms with Crippen LogP contribution < -0.4 is 4.72 Å². The molecule has 2 aromatic heterocycles. The lowest BCUT2D eigenvalue weighted by Crippen LogP contribution is -2.25. The van der Waals surface area contributed by atoms with Gasteiger partial charge in [-0.15, -0.1) is 11.3 Å². The Kier molecular flexibility index (Phi) is 5.37. The van der Waals surface area contributed by atoms with E-state index in [0.717, 1.165) is 37.5 Å². The molecule has 28 heavy (non-hydrogen) atoms. The van der Waals surface area contributed by atoms with Gasteiger partial charge in [-0.2, -0.15) is 0 Å². The number of fused-ring (bicyclic) bond motifs is 1. The summed E-state index contributed by atoms with van der Waals surface area (Å²) in [5.41, 5.74) is 4.73. The molecule has 0 saturated carbocycles. The number of aryl methyl sites for hydroxylation is 1. The van der Waals surface area contributed by atoms with Crippen molar-refractivity contribution in [2.24, 2.45) is 0 Å². The van der Waals surface area contributed by atoms with Crippen LogP contribution in [0.5, 0.6) is 0 Å². The second-order valence-electron chi connectivity index (χ2n) is 6.56. The fourth-order valence-electron chi connectivity index (χ4n) is 2.95. The van der Waals surface area contributed by atoms with Crippen LogP contribution in [-0.2, 0) is 22.3 Å². The lowest BCUT2D eigenvalue weighted by molar-refractivity contribution is 0.579. The number of thiazole rings is 1. The zero-order chi connectivity index (χ0) is 19.7. The van der Waals surface area contributed by atoms with E-state index in [-0.39, 0.29) is 12.3 Å². The van der Waals surface area contributed by atoms with Gasteiger partial charge in [-0.05, 0) is 30.2 Å². The molecule has 1 N–H and O–H groups in total. The molecule has 2 aromatic carbocycles. The quantitative estimate of drug-likeness (QED) is 0.437.